The number of hydrogen-bond acceptors (Lipinski definition) is 3. The zero-order valence-corrected chi connectivity index (χ0v) is 27.7. The highest BCUT2D eigenvalue weighted by Crippen LogP contribution is 2.41. The Hall–Kier alpha value is -8.37. The van der Waals surface area contributed by atoms with Crippen LogP contribution in [0.1, 0.15) is 38.2 Å². The first-order valence-corrected chi connectivity index (χ1v) is 14.7. The summed E-state index contributed by atoms with van der Waals surface area (Å²) < 4.78 is 39.3. The van der Waals surface area contributed by atoms with Crippen LogP contribution in [-0.2, 0) is 11.0 Å². The summed E-state index contributed by atoms with van der Waals surface area (Å²) in [5, 5.41) is 11.2. The number of benzene rings is 1. The highest BCUT2D eigenvalue weighted by atomic mass is 32.1. The summed E-state index contributed by atoms with van der Waals surface area (Å²) in [6.07, 6.45) is -1.68. The predicted octanol–water partition coefficient (Wildman–Crippen LogP) is 4.36. The summed E-state index contributed by atoms with van der Waals surface area (Å²) in [4.78, 5) is 16.7. The Labute approximate surface area is 306 Å². The predicted molar refractivity (Wildman–Crippen MR) is 194 cm³/mol. The second kappa shape index (κ2) is 22.2. The Kier molecular flexibility index (Phi) is 17.0. The highest BCUT2D eigenvalue weighted by Gasteiger charge is 2.51. The van der Waals surface area contributed by atoms with Gasteiger partial charge in [0.2, 0.25) is 0 Å². The Morgan fingerprint density at radius 2 is 1.12 bits per heavy atom. The monoisotopic (exact) mass is 692 g/mol. The number of amides is 1. The van der Waals surface area contributed by atoms with Crippen molar-refractivity contribution in [2.45, 2.75) is 44.3 Å². The van der Waals surface area contributed by atoms with E-state index in [1.807, 2.05) is 0 Å². The highest BCUT2D eigenvalue weighted by molar-refractivity contribution is 7.80. The van der Waals surface area contributed by atoms with Gasteiger partial charge in [-0.3, -0.25) is 9.69 Å². The minimum atomic E-state index is -4.67. The lowest BCUT2D eigenvalue weighted by Crippen LogP contribution is -2.44. The van der Waals surface area contributed by atoms with Gasteiger partial charge in [0, 0.05) is 106 Å². The fraction of sp³-hybridized carbons (Fsp3) is 0.163. The lowest BCUT2D eigenvalue weighted by molar-refractivity contribution is -0.136. The van der Waals surface area contributed by atoms with Crippen LogP contribution in [0.3, 0.4) is 0 Å². The number of alkyl halides is 3. The normalized spacial score (nSPS) is 11.0. The van der Waals surface area contributed by atoms with Crippen LogP contribution < -0.4 is 10.2 Å². The molecular weight excluding hydrogens is 678 g/mol. The molecule has 2 fully saturated rings. The number of rotatable bonds is 1. The number of nitriles is 1. The molecule has 1 aliphatic carbocycles. The van der Waals surface area contributed by atoms with Gasteiger partial charge in [-0.05, 0) is 91.5 Å². The molecule has 1 saturated heterocycles. The number of nitrogens with one attached hydrogen (secondary N) is 1. The maximum Gasteiger partial charge on any atom is 0.407 e. The Morgan fingerprint density at radius 1 is 0.731 bits per heavy atom. The number of nitrogens with zero attached hydrogens (tertiary/aromatic N) is 3. The number of anilines is 1. The van der Waals surface area contributed by atoms with Crippen LogP contribution in [-0.4, -0.2) is 16.6 Å². The van der Waals surface area contributed by atoms with Gasteiger partial charge >= 0.3 is 6.18 Å². The third-order valence-electron chi connectivity index (χ3n) is 5.96. The lowest BCUT2D eigenvalue weighted by Gasteiger charge is -2.21. The molecule has 1 N–H and O–H groups in total. The van der Waals surface area contributed by atoms with Crippen molar-refractivity contribution in [2.75, 3.05) is 4.90 Å². The Morgan fingerprint density at radius 3 is 1.46 bits per heavy atom. The van der Waals surface area contributed by atoms with Gasteiger partial charge in [-0.25, -0.2) is 4.85 Å². The summed E-state index contributed by atoms with van der Waals surface area (Å²) in [5.74, 6) is 63.7. The molecule has 52 heavy (non-hydrogen) atoms. The minimum absolute atomic E-state index is 0.0380. The summed E-state index contributed by atoms with van der Waals surface area (Å²) in [6.45, 7) is 8.55. The molecule has 240 valence electrons. The molecule has 1 aromatic carbocycles. The molecule has 0 unspecified atom stereocenters. The number of carbonyl (C=O) groups excluding carboxylic acids is 1. The minimum Gasteiger partial charge on any atom is -0.348 e. The van der Waals surface area contributed by atoms with Gasteiger partial charge in [0.05, 0.1) is 12.1 Å². The van der Waals surface area contributed by atoms with E-state index in [1.54, 1.807) is 13.0 Å². The first-order chi connectivity index (χ1) is 25.2. The van der Waals surface area contributed by atoms with Crippen LogP contribution >= 0.6 is 12.2 Å². The summed E-state index contributed by atoms with van der Waals surface area (Å²) in [5.41, 5.74) is -2.31. The fourth-order valence-corrected chi connectivity index (χ4v) is 4.35. The zero-order chi connectivity index (χ0) is 37.9. The lowest BCUT2D eigenvalue weighted by atomic mass is 9.98. The van der Waals surface area contributed by atoms with Gasteiger partial charge in [0.25, 0.3) is 5.91 Å². The van der Waals surface area contributed by atoms with E-state index in [0.29, 0.717) is 12.8 Å². The van der Waals surface area contributed by atoms with Crippen LogP contribution in [0.25, 0.3) is 4.85 Å². The summed E-state index contributed by atoms with van der Waals surface area (Å²) in [7, 11) is 0. The second-order valence-corrected chi connectivity index (χ2v) is 9.54. The molecular formula is C43H15F3N4OS. The second-order valence-electron chi connectivity index (χ2n) is 9.16. The van der Waals surface area contributed by atoms with E-state index >= 15 is 0 Å². The first kappa shape index (κ1) is 39.8. The third kappa shape index (κ3) is 13.8. The van der Waals surface area contributed by atoms with E-state index in [-0.39, 0.29) is 16.7 Å². The largest absolute Gasteiger partial charge is 0.407 e. The van der Waals surface area contributed by atoms with Gasteiger partial charge in [0.15, 0.2) is 16.9 Å². The number of hydrogen-bond donors (Lipinski definition) is 1. The topological polar surface area (TPSA) is 60.5 Å². The van der Waals surface area contributed by atoms with E-state index in [1.165, 1.54) is 6.07 Å². The maximum atomic E-state index is 13.1. The van der Waals surface area contributed by atoms with E-state index in [9.17, 15) is 18.0 Å². The molecule has 0 bridgehead atoms. The van der Waals surface area contributed by atoms with Crippen molar-refractivity contribution in [1.82, 2.24) is 5.32 Å². The SMILES string of the molecule is CC#CC#CC#CC#CC#CC#CC#CC#CC#CC#CC#CC#CC#CC#N.[C-]#[N+]c1ccc(N2C(=O)C3(CCCC3)NC2=S)cc1C(F)(F)F. The quantitative estimate of drug-likeness (QED) is 0.270. The molecule has 1 heterocycles. The van der Waals surface area contributed by atoms with Crippen molar-refractivity contribution >= 4 is 34.6 Å². The van der Waals surface area contributed by atoms with Gasteiger partial charge in [-0.1, -0.05) is 24.8 Å². The molecule has 3 rings (SSSR count). The average Bonchev–Trinajstić information content (AvgIpc) is 3.70. The van der Waals surface area contributed by atoms with Crippen molar-refractivity contribution in [1.29, 1.82) is 5.26 Å². The first-order valence-electron chi connectivity index (χ1n) is 14.3. The maximum absolute atomic E-state index is 13.1. The van der Waals surface area contributed by atoms with Crippen LogP contribution in [0.5, 0.6) is 0 Å². The average molecular weight is 693 g/mol. The Balaban J connectivity index is 0.000000367. The molecule has 0 aromatic heterocycles. The number of thiocarbonyl (C=S) groups is 1. The van der Waals surface area contributed by atoms with Crippen LogP contribution in [0.4, 0.5) is 24.5 Å². The van der Waals surface area contributed by atoms with Gasteiger partial charge in [-0.15, -0.1) is 0 Å². The smallest absolute Gasteiger partial charge is 0.348 e. The van der Waals surface area contributed by atoms with Crippen molar-refractivity contribution in [3.8, 4) is 160 Å². The van der Waals surface area contributed by atoms with Crippen molar-refractivity contribution in [3.63, 3.8) is 0 Å². The number of halogens is 3. The van der Waals surface area contributed by atoms with E-state index in [0.717, 1.165) is 29.9 Å². The Bertz CT molecular complexity index is 2600. The summed E-state index contributed by atoms with van der Waals surface area (Å²) >= 11 is 5.16. The molecule has 1 aromatic rings. The molecule has 1 saturated carbocycles. The fourth-order valence-electron chi connectivity index (χ4n) is 3.97. The van der Waals surface area contributed by atoms with Crippen LogP contribution in [0, 0.1) is 172 Å². The molecule has 1 spiro atoms. The molecule has 2 aliphatic rings. The van der Waals surface area contributed by atoms with Crippen molar-refractivity contribution in [2.24, 2.45) is 0 Å². The van der Waals surface area contributed by atoms with Gasteiger partial charge in [0.1, 0.15) is 5.54 Å². The van der Waals surface area contributed by atoms with Crippen LogP contribution in [0.15, 0.2) is 18.2 Å². The zero-order valence-electron chi connectivity index (χ0n) is 26.9. The standard InChI is InChI=1S/C28H3N.C15H12F3N3OS/c1-2-3-4-5-6-7-8-9-10-11-12-13-14-15-16-17-18-19-20-21-22-23-24-25-26-27-28-29;1-19-11-5-4-9(8-10(11)15(16,17)18)21-12(22)14(20-13(21)23)6-2-3-7-14/h1H3;4-5,8H,2-3,6-7H2,(H,20,23). The van der Waals surface area contributed by atoms with Crippen LogP contribution in [0.2, 0.25) is 0 Å². The molecule has 1 amide bonds. The van der Waals surface area contributed by atoms with E-state index in [2.05, 4.69) is 164 Å². The molecule has 1 aliphatic heterocycles. The van der Waals surface area contributed by atoms with E-state index < -0.39 is 23.0 Å². The van der Waals surface area contributed by atoms with E-state index in [4.69, 9.17) is 24.1 Å². The third-order valence-corrected chi connectivity index (χ3v) is 6.25. The van der Waals surface area contributed by atoms with Crippen molar-refractivity contribution < 1.29 is 18.0 Å². The van der Waals surface area contributed by atoms with Crippen molar-refractivity contribution in [3.05, 3.63) is 35.2 Å². The molecule has 0 atom stereocenters. The number of carbonyl (C=O) groups is 1. The molecule has 0 radical (unpaired) electrons. The van der Waals surface area contributed by atoms with Gasteiger partial charge in [-0.2, -0.15) is 18.4 Å². The molecule has 5 nitrogen and oxygen atoms in total. The van der Waals surface area contributed by atoms with Gasteiger partial charge < -0.3 is 5.32 Å². The molecule has 9 heteroatoms. The summed E-state index contributed by atoms with van der Waals surface area (Å²) in [6, 6.07) is 4.83.